The number of halogens is 3. The van der Waals surface area contributed by atoms with Gasteiger partial charge in [0.05, 0.1) is 25.8 Å². The zero-order valence-electron chi connectivity index (χ0n) is 14.8. The molecule has 0 amide bonds. The molecule has 0 bridgehead atoms. The van der Waals surface area contributed by atoms with Crippen LogP contribution in [0, 0.1) is 15.9 Å². The Labute approximate surface area is 182 Å². The van der Waals surface area contributed by atoms with Crippen LogP contribution >= 0.6 is 31.9 Å². The number of nitrogens with one attached hydrogen (secondary N) is 1. The lowest BCUT2D eigenvalue weighted by molar-refractivity contribution is -0.384. The Hall–Kier alpha value is -2.78. The molecule has 1 N–H and O–H groups in total. The Morgan fingerprint density at radius 2 is 1.79 bits per heavy atom. The largest absolute Gasteiger partial charge is 0.487 e. The molecule has 0 aliphatic carbocycles. The minimum Gasteiger partial charge on any atom is -0.487 e. The summed E-state index contributed by atoms with van der Waals surface area (Å²) >= 11 is 6.94. The van der Waals surface area contributed by atoms with Crippen LogP contribution in [0.3, 0.4) is 0 Å². The molecule has 0 unspecified atom stereocenters. The van der Waals surface area contributed by atoms with Crippen LogP contribution in [0.25, 0.3) is 0 Å². The summed E-state index contributed by atoms with van der Waals surface area (Å²) in [6, 6.07) is 15.8. The molecular formula is C20H14Br2FN3O3. The van der Waals surface area contributed by atoms with Crippen LogP contribution in [-0.2, 0) is 6.61 Å². The molecule has 0 fully saturated rings. The van der Waals surface area contributed by atoms with Crippen molar-refractivity contribution in [1.82, 2.24) is 0 Å². The molecule has 0 aliphatic rings. The van der Waals surface area contributed by atoms with Crippen molar-refractivity contribution in [3.8, 4) is 5.75 Å². The van der Waals surface area contributed by atoms with Crippen molar-refractivity contribution in [2.75, 3.05) is 5.43 Å². The summed E-state index contributed by atoms with van der Waals surface area (Å²) in [6.07, 6.45) is 1.60. The van der Waals surface area contributed by atoms with Gasteiger partial charge in [-0.3, -0.25) is 15.5 Å². The van der Waals surface area contributed by atoms with E-state index in [1.165, 1.54) is 24.3 Å². The Kier molecular flexibility index (Phi) is 6.95. The van der Waals surface area contributed by atoms with Gasteiger partial charge in [0.25, 0.3) is 5.69 Å². The van der Waals surface area contributed by atoms with Crippen LogP contribution in [0.15, 0.2) is 74.7 Å². The third-order valence-electron chi connectivity index (χ3n) is 3.78. The van der Waals surface area contributed by atoms with E-state index < -0.39 is 4.92 Å². The standard InChI is InChI=1S/C20H14Br2FN3O3/c21-18-9-14(11-24-25-16-4-6-17(7-5-16)26(27)28)10-19(22)20(18)29-12-13-2-1-3-15(23)8-13/h1-11,25H,12H2/b24-11+. The number of nitrogens with zero attached hydrogens (tertiary/aromatic N) is 2. The highest BCUT2D eigenvalue weighted by molar-refractivity contribution is 9.11. The molecular weight excluding hydrogens is 509 g/mol. The molecule has 9 heteroatoms. The van der Waals surface area contributed by atoms with Gasteiger partial charge in [0.1, 0.15) is 18.2 Å². The minimum absolute atomic E-state index is 0.0150. The summed E-state index contributed by atoms with van der Waals surface area (Å²) < 4.78 is 20.5. The van der Waals surface area contributed by atoms with Crippen molar-refractivity contribution in [1.29, 1.82) is 0 Å². The molecule has 3 rings (SSSR count). The van der Waals surface area contributed by atoms with Crippen molar-refractivity contribution in [3.63, 3.8) is 0 Å². The van der Waals surface area contributed by atoms with Crippen LogP contribution in [0.1, 0.15) is 11.1 Å². The minimum atomic E-state index is -0.458. The molecule has 6 nitrogen and oxygen atoms in total. The second-order valence-corrected chi connectivity index (χ2v) is 7.61. The van der Waals surface area contributed by atoms with E-state index in [-0.39, 0.29) is 18.1 Å². The van der Waals surface area contributed by atoms with Gasteiger partial charge in [0.2, 0.25) is 0 Å². The van der Waals surface area contributed by atoms with Gasteiger partial charge in [-0.05, 0) is 79.4 Å². The zero-order valence-corrected chi connectivity index (χ0v) is 18.0. The van der Waals surface area contributed by atoms with Gasteiger partial charge in [-0.1, -0.05) is 12.1 Å². The predicted molar refractivity (Wildman–Crippen MR) is 117 cm³/mol. The van der Waals surface area contributed by atoms with E-state index in [1.807, 2.05) is 12.1 Å². The van der Waals surface area contributed by atoms with Crippen molar-refractivity contribution in [3.05, 3.63) is 96.7 Å². The first-order valence-corrected chi connectivity index (χ1v) is 9.91. The van der Waals surface area contributed by atoms with E-state index in [0.717, 1.165) is 11.1 Å². The first kappa shape index (κ1) is 20.9. The SMILES string of the molecule is O=[N+]([O-])c1ccc(N/N=C/c2cc(Br)c(OCc3cccc(F)c3)c(Br)c2)cc1. The molecule has 0 aliphatic heterocycles. The molecule has 0 aromatic heterocycles. The molecule has 0 saturated heterocycles. The Balaban J connectivity index is 1.65. The number of nitro benzene ring substituents is 1. The highest BCUT2D eigenvalue weighted by Crippen LogP contribution is 2.35. The van der Waals surface area contributed by atoms with E-state index in [0.29, 0.717) is 20.4 Å². The first-order chi connectivity index (χ1) is 13.9. The lowest BCUT2D eigenvalue weighted by atomic mass is 10.2. The number of anilines is 1. The van der Waals surface area contributed by atoms with E-state index >= 15 is 0 Å². The maximum Gasteiger partial charge on any atom is 0.269 e. The van der Waals surface area contributed by atoms with Gasteiger partial charge in [-0.25, -0.2) is 4.39 Å². The molecule has 0 spiro atoms. The van der Waals surface area contributed by atoms with Gasteiger partial charge < -0.3 is 4.74 Å². The second kappa shape index (κ2) is 9.62. The van der Waals surface area contributed by atoms with Crippen LogP contribution in [0.4, 0.5) is 15.8 Å². The Bertz CT molecular complexity index is 1040. The maximum atomic E-state index is 13.3. The fourth-order valence-corrected chi connectivity index (χ4v) is 3.86. The lowest BCUT2D eigenvalue weighted by Gasteiger charge is -2.11. The molecule has 3 aromatic carbocycles. The fourth-order valence-electron chi connectivity index (χ4n) is 2.41. The van der Waals surface area contributed by atoms with E-state index in [9.17, 15) is 14.5 Å². The third-order valence-corrected chi connectivity index (χ3v) is 4.96. The monoisotopic (exact) mass is 521 g/mol. The van der Waals surface area contributed by atoms with E-state index in [4.69, 9.17) is 4.74 Å². The third kappa shape index (κ3) is 5.85. The van der Waals surface area contributed by atoms with Crippen LogP contribution in [0.5, 0.6) is 5.75 Å². The van der Waals surface area contributed by atoms with Crippen molar-refractivity contribution < 1.29 is 14.1 Å². The van der Waals surface area contributed by atoms with E-state index in [1.54, 1.807) is 30.5 Å². The summed E-state index contributed by atoms with van der Waals surface area (Å²) in [6.45, 7) is 0.226. The molecule has 0 atom stereocenters. The Morgan fingerprint density at radius 1 is 1.10 bits per heavy atom. The van der Waals surface area contributed by atoms with E-state index in [2.05, 4.69) is 42.4 Å². The summed E-state index contributed by atoms with van der Waals surface area (Å²) in [4.78, 5) is 10.2. The number of nitro groups is 1. The Morgan fingerprint density at radius 3 is 2.41 bits per heavy atom. The number of hydrogen-bond acceptors (Lipinski definition) is 5. The van der Waals surface area contributed by atoms with Crippen LogP contribution in [-0.4, -0.2) is 11.1 Å². The average Bonchev–Trinajstić information content (AvgIpc) is 2.68. The quantitative estimate of drug-likeness (QED) is 0.225. The highest BCUT2D eigenvalue weighted by atomic mass is 79.9. The van der Waals surface area contributed by atoms with Crippen LogP contribution < -0.4 is 10.2 Å². The predicted octanol–water partition coefficient (Wildman–Crippen LogP) is 6.28. The zero-order chi connectivity index (χ0) is 20.8. The molecule has 3 aromatic rings. The normalized spacial score (nSPS) is 10.9. The highest BCUT2D eigenvalue weighted by Gasteiger charge is 2.09. The van der Waals surface area contributed by atoms with Gasteiger partial charge >= 0.3 is 0 Å². The first-order valence-electron chi connectivity index (χ1n) is 8.32. The molecule has 0 radical (unpaired) electrons. The smallest absolute Gasteiger partial charge is 0.269 e. The van der Waals surface area contributed by atoms with Crippen molar-refractivity contribution >= 4 is 49.4 Å². The fraction of sp³-hybridized carbons (Fsp3) is 0.0500. The van der Waals surface area contributed by atoms with Gasteiger partial charge in [0, 0.05) is 12.1 Å². The number of hydrazone groups is 1. The summed E-state index contributed by atoms with van der Waals surface area (Å²) in [5, 5.41) is 14.8. The molecule has 148 valence electrons. The number of rotatable bonds is 7. The van der Waals surface area contributed by atoms with Crippen LogP contribution in [0.2, 0.25) is 0 Å². The topological polar surface area (TPSA) is 76.8 Å². The van der Waals surface area contributed by atoms with Crippen molar-refractivity contribution in [2.45, 2.75) is 6.61 Å². The maximum absolute atomic E-state index is 13.3. The molecule has 0 heterocycles. The summed E-state index contributed by atoms with van der Waals surface area (Å²) in [5.41, 5.74) is 4.97. The summed E-state index contributed by atoms with van der Waals surface area (Å²) in [5.74, 6) is 0.283. The molecule has 0 saturated carbocycles. The second-order valence-electron chi connectivity index (χ2n) is 5.91. The number of benzene rings is 3. The average molecular weight is 523 g/mol. The number of hydrogen-bond donors (Lipinski definition) is 1. The van der Waals surface area contributed by atoms with Gasteiger partial charge in [-0.2, -0.15) is 5.10 Å². The number of ether oxygens (including phenoxy) is 1. The number of non-ortho nitro benzene ring substituents is 1. The lowest BCUT2D eigenvalue weighted by Crippen LogP contribution is -1.98. The summed E-state index contributed by atoms with van der Waals surface area (Å²) in [7, 11) is 0. The molecule has 29 heavy (non-hydrogen) atoms. The van der Waals surface area contributed by atoms with Gasteiger partial charge in [0.15, 0.2) is 0 Å². The van der Waals surface area contributed by atoms with Gasteiger partial charge in [-0.15, -0.1) is 0 Å². The van der Waals surface area contributed by atoms with Crippen molar-refractivity contribution in [2.24, 2.45) is 5.10 Å².